The van der Waals surface area contributed by atoms with E-state index in [2.05, 4.69) is 50.1 Å². The van der Waals surface area contributed by atoms with Gasteiger partial charge in [0.25, 0.3) is 0 Å². The Morgan fingerprint density at radius 3 is 2.29 bits per heavy atom. The number of pyridine rings is 2. The zero-order valence-electron chi connectivity index (χ0n) is 14.0. The van der Waals surface area contributed by atoms with Gasteiger partial charge in [0.1, 0.15) is 5.82 Å². The van der Waals surface area contributed by atoms with Crippen LogP contribution in [0.5, 0.6) is 0 Å². The van der Waals surface area contributed by atoms with Crippen LogP contribution >= 0.6 is 0 Å². The molecular weight excluding hydrogens is 296 g/mol. The second-order valence-electron chi connectivity index (χ2n) is 6.58. The Bertz CT molecular complexity index is 675. The summed E-state index contributed by atoms with van der Waals surface area (Å²) in [5.74, 6) is 1.11. The molecular formula is C20H24N4. The van der Waals surface area contributed by atoms with Crippen LogP contribution in [-0.2, 0) is 0 Å². The van der Waals surface area contributed by atoms with Crippen LogP contribution in [-0.4, -0.2) is 47.1 Å². The monoisotopic (exact) mass is 320 g/mol. The van der Waals surface area contributed by atoms with Crippen LogP contribution in [0, 0.1) is 0 Å². The minimum atomic E-state index is 0.684. The minimum Gasteiger partial charge on any atom is -0.354 e. The van der Waals surface area contributed by atoms with E-state index in [1.807, 2.05) is 24.5 Å². The van der Waals surface area contributed by atoms with Crippen LogP contribution in [0.25, 0.3) is 5.57 Å². The molecule has 1 saturated heterocycles. The Morgan fingerprint density at radius 1 is 0.875 bits per heavy atom. The van der Waals surface area contributed by atoms with E-state index in [1.165, 1.54) is 12.0 Å². The molecule has 0 bridgehead atoms. The van der Waals surface area contributed by atoms with Gasteiger partial charge < -0.3 is 4.90 Å². The molecule has 2 aromatic heterocycles. The normalized spacial score (nSPS) is 22.2. The van der Waals surface area contributed by atoms with Gasteiger partial charge in [-0.05, 0) is 49.1 Å². The molecule has 2 aromatic rings. The summed E-state index contributed by atoms with van der Waals surface area (Å²) >= 11 is 0. The Kier molecular flexibility index (Phi) is 4.56. The standard InChI is InChI=1S/C20H24N4/c1-3-11-21-19(5-1)17-7-9-18(10-8-17)23-13-15-24(16-14-23)20-6-2-4-12-22-20/h1-7,11-12,18H,8-10,13-16H2/t18-/m0/s1. The Balaban J connectivity index is 1.33. The lowest BCUT2D eigenvalue weighted by atomic mass is 9.91. The molecule has 4 heteroatoms. The predicted octanol–water partition coefficient (Wildman–Crippen LogP) is 3.23. The van der Waals surface area contributed by atoms with E-state index < -0.39 is 0 Å². The third-order valence-electron chi connectivity index (χ3n) is 5.18. The highest BCUT2D eigenvalue weighted by Gasteiger charge is 2.26. The first-order chi connectivity index (χ1) is 11.9. The van der Waals surface area contributed by atoms with Crippen molar-refractivity contribution in [1.29, 1.82) is 0 Å². The largest absolute Gasteiger partial charge is 0.354 e. The lowest BCUT2D eigenvalue weighted by Crippen LogP contribution is -2.50. The van der Waals surface area contributed by atoms with Crippen LogP contribution < -0.4 is 4.90 Å². The molecule has 0 spiro atoms. The summed E-state index contributed by atoms with van der Waals surface area (Å²) < 4.78 is 0. The summed E-state index contributed by atoms with van der Waals surface area (Å²) in [4.78, 5) is 14.0. The van der Waals surface area contributed by atoms with Crippen molar-refractivity contribution < 1.29 is 0 Å². The molecule has 0 N–H and O–H groups in total. The summed E-state index contributed by atoms with van der Waals surface area (Å²) in [7, 11) is 0. The van der Waals surface area contributed by atoms with E-state index >= 15 is 0 Å². The molecule has 124 valence electrons. The summed E-state index contributed by atoms with van der Waals surface area (Å²) in [6.07, 6.45) is 9.71. The van der Waals surface area contributed by atoms with E-state index in [0.29, 0.717) is 6.04 Å². The third kappa shape index (κ3) is 3.34. The number of rotatable bonds is 3. The molecule has 2 aliphatic rings. The smallest absolute Gasteiger partial charge is 0.128 e. The van der Waals surface area contributed by atoms with Gasteiger partial charge in [0, 0.05) is 44.6 Å². The number of piperazine rings is 1. The summed E-state index contributed by atoms with van der Waals surface area (Å²) in [6.45, 7) is 4.41. The lowest BCUT2D eigenvalue weighted by molar-refractivity contribution is 0.175. The van der Waals surface area contributed by atoms with Crippen molar-refractivity contribution in [2.45, 2.75) is 25.3 Å². The second kappa shape index (κ2) is 7.14. The Morgan fingerprint density at radius 2 is 1.67 bits per heavy atom. The first-order valence-electron chi connectivity index (χ1n) is 8.90. The van der Waals surface area contributed by atoms with Crippen LogP contribution in [0.2, 0.25) is 0 Å². The highest BCUT2D eigenvalue weighted by molar-refractivity contribution is 5.63. The zero-order valence-corrected chi connectivity index (χ0v) is 14.0. The number of anilines is 1. The minimum absolute atomic E-state index is 0.684. The molecule has 24 heavy (non-hydrogen) atoms. The van der Waals surface area contributed by atoms with E-state index in [1.54, 1.807) is 0 Å². The molecule has 0 saturated carbocycles. The maximum Gasteiger partial charge on any atom is 0.128 e. The van der Waals surface area contributed by atoms with Gasteiger partial charge in [0.05, 0.1) is 5.69 Å². The molecule has 1 aliphatic carbocycles. The van der Waals surface area contributed by atoms with Gasteiger partial charge in [0.2, 0.25) is 0 Å². The van der Waals surface area contributed by atoms with E-state index in [0.717, 1.165) is 50.5 Å². The van der Waals surface area contributed by atoms with Crippen molar-refractivity contribution in [1.82, 2.24) is 14.9 Å². The maximum absolute atomic E-state index is 4.49. The molecule has 3 heterocycles. The fourth-order valence-corrected chi connectivity index (χ4v) is 3.79. The van der Waals surface area contributed by atoms with Crippen LogP contribution in [0.4, 0.5) is 5.82 Å². The van der Waals surface area contributed by atoms with Gasteiger partial charge in [-0.2, -0.15) is 0 Å². The number of hydrogen-bond acceptors (Lipinski definition) is 4. The summed E-state index contributed by atoms with van der Waals surface area (Å²) in [5, 5.41) is 0. The number of allylic oxidation sites excluding steroid dienone is 1. The Hall–Kier alpha value is -2.20. The molecule has 0 radical (unpaired) electrons. The van der Waals surface area contributed by atoms with Crippen LogP contribution in [0.3, 0.4) is 0 Å². The summed E-state index contributed by atoms with van der Waals surface area (Å²) in [6, 6.07) is 13.0. The predicted molar refractivity (Wildman–Crippen MR) is 97.9 cm³/mol. The van der Waals surface area contributed by atoms with Gasteiger partial charge in [-0.25, -0.2) is 4.98 Å². The van der Waals surface area contributed by atoms with Gasteiger partial charge in [-0.3, -0.25) is 9.88 Å². The average molecular weight is 320 g/mol. The second-order valence-corrected chi connectivity index (χ2v) is 6.58. The fourth-order valence-electron chi connectivity index (χ4n) is 3.79. The molecule has 1 atom stereocenters. The highest BCUT2D eigenvalue weighted by Crippen LogP contribution is 2.29. The topological polar surface area (TPSA) is 32.3 Å². The lowest BCUT2D eigenvalue weighted by Gasteiger charge is -2.40. The van der Waals surface area contributed by atoms with Gasteiger partial charge in [-0.1, -0.05) is 18.2 Å². The average Bonchev–Trinajstić information content (AvgIpc) is 2.70. The van der Waals surface area contributed by atoms with Crippen molar-refractivity contribution in [3.63, 3.8) is 0 Å². The fraction of sp³-hybridized carbons (Fsp3) is 0.400. The van der Waals surface area contributed by atoms with Crippen molar-refractivity contribution in [2.75, 3.05) is 31.1 Å². The molecule has 1 fully saturated rings. The van der Waals surface area contributed by atoms with Crippen molar-refractivity contribution >= 4 is 11.4 Å². The van der Waals surface area contributed by atoms with Gasteiger partial charge in [-0.15, -0.1) is 0 Å². The van der Waals surface area contributed by atoms with Crippen molar-refractivity contribution in [2.24, 2.45) is 0 Å². The molecule has 0 unspecified atom stereocenters. The van der Waals surface area contributed by atoms with Gasteiger partial charge >= 0.3 is 0 Å². The number of hydrogen-bond donors (Lipinski definition) is 0. The summed E-state index contributed by atoms with van der Waals surface area (Å²) in [5.41, 5.74) is 2.56. The molecule has 4 rings (SSSR count). The first kappa shape index (κ1) is 15.3. The molecule has 1 aliphatic heterocycles. The maximum atomic E-state index is 4.49. The van der Waals surface area contributed by atoms with Crippen molar-refractivity contribution in [3.05, 3.63) is 60.6 Å². The Labute approximate surface area is 143 Å². The molecule has 0 aromatic carbocycles. The van der Waals surface area contributed by atoms with Gasteiger partial charge in [0.15, 0.2) is 0 Å². The highest BCUT2D eigenvalue weighted by atomic mass is 15.3. The zero-order chi connectivity index (χ0) is 16.2. The van der Waals surface area contributed by atoms with Crippen molar-refractivity contribution in [3.8, 4) is 0 Å². The third-order valence-corrected chi connectivity index (χ3v) is 5.18. The van der Waals surface area contributed by atoms with Crippen LogP contribution in [0.1, 0.15) is 25.0 Å². The number of aromatic nitrogens is 2. The SMILES string of the molecule is C1=C(c2ccccn2)CC[C@@H](N2CCN(c3ccccn3)CC2)C1. The van der Waals surface area contributed by atoms with E-state index in [-0.39, 0.29) is 0 Å². The molecule has 0 amide bonds. The molecule has 4 nitrogen and oxygen atoms in total. The quantitative estimate of drug-likeness (QED) is 0.869. The van der Waals surface area contributed by atoms with E-state index in [9.17, 15) is 0 Å². The number of nitrogens with zero attached hydrogens (tertiary/aromatic N) is 4. The first-order valence-corrected chi connectivity index (χ1v) is 8.90. The van der Waals surface area contributed by atoms with Crippen LogP contribution in [0.15, 0.2) is 54.9 Å². The van der Waals surface area contributed by atoms with E-state index in [4.69, 9.17) is 0 Å².